The highest BCUT2D eigenvalue weighted by atomic mass is 16.5. The minimum Gasteiger partial charge on any atom is -0.508 e. The van der Waals surface area contributed by atoms with Crippen LogP contribution in [0.5, 0.6) is 17.2 Å². The van der Waals surface area contributed by atoms with Gasteiger partial charge in [-0.3, -0.25) is 4.79 Å². The van der Waals surface area contributed by atoms with Crippen molar-refractivity contribution in [3.63, 3.8) is 0 Å². The Morgan fingerprint density at radius 2 is 2.00 bits per heavy atom. The lowest BCUT2D eigenvalue weighted by Crippen LogP contribution is -2.20. The third kappa shape index (κ3) is 3.59. The molecule has 1 aliphatic rings. The van der Waals surface area contributed by atoms with Crippen LogP contribution in [-0.2, 0) is 0 Å². The lowest BCUT2D eigenvalue weighted by atomic mass is 9.96. The zero-order chi connectivity index (χ0) is 17.1. The Morgan fingerprint density at radius 1 is 1.25 bits per heavy atom. The molecule has 4 nitrogen and oxygen atoms in total. The first-order valence-electron chi connectivity index (χ1n) is 7.92. The molecular weight excluding hydrogens is 304 g/mol. The minimum atomic E-state index is -0.348. The number of Topliss-reactive ketones (excluding diaryl/α,β-unsaturated/α-hetero) is 1. The van der Waals surface area contributed by atoms with Gasteiger partial charge in [-0.15, -0.1) is 0 Å². The highest BCUT2D eigenvalue weighted by Crippen LogP contribution is 2.37. The Labute approximate surface area is 141 Å². The van der Waals surface area contributed by atoms with E-state index in [1.807, 2.05) is 19.9 Å². The van der Waals surface area contributed by atoms with Crippen molar-refractivity contribution in [1.29, 1.82) is 0 Å². The molecule has 1 aliphatic heterocycles. The van der Waals surface area contributed by atoms with Crippen molar-refractivity contribution < 1.29 is 19.4 Å². The Bertz CT molecular complexity index is 771. The molecule has 24 heavy (non-hydrogen) atoms. The van der Waals surface area contributed by atoms with Gasteiger partial charge in [0.15, 0.2) is 5.78 Å². The standard InChI is InChI=1S/C20H20O4/c1-13(2)9-10-23-16-7-8-17-18(22)12-19(24-20(17)11-16)14-3-5-15(21)6-4-14/h3-9,11,19,21H,10,12H2,1-2H3. The second kappa shape index (κ2) is 6.79. The molecule has 0 spiro atoms. The molecule has 0 aliphatic carbocycles. The topological polar surface area (TPSA) is 55.8 Å². The van der Waals surface area contributed by atoms with E-state index < -0.39 is 0 Å². The molecular formula is C20H20O4. The molecule has 0 saturated heterocycles. The summed E-state index contributed by atoms with van der Waals surface area (Å²) >= 11 is 0. The number of hydrogen-bond acceptors (Lipinski definition) is 4. The van der Waals surface area contributed by atoms with Crippen LogP contribution in [0.15, 0.2) is 54.1 Å². The van der Waals surface area contributed by atoms with Gasteiger partial charge in [0.05, 0.1) is 12.0 Å². The SMILES string of the molecule is CC(C)=CCOc1ccc2c(c1)OC(c1ccc(O)cc1)CC2=O. The summed E-state index contributed by atoms with van der Waals surface area (Å²) in [6.45, 7) is 4.51. The largest absolute Gasteiger partial charge is 0.508 e. The Kier molecular flexibility index (Phi) is 4.56. The molecule has 0 aromatic heterocycles. The second-order valence-electron chi connectivity index (χ2n) is 6.08. The molecule has 124 valence electrons. The molecule has 0 bridgehead atoms. The van der Waals surface area contributed by atoms with Crippen molar-refractivity contribution >= 4 is 5.78 Å². The molecule has 3 rings (SSSR count). The molecule has 2 aromatic rings. The van der Waals surface area contributed by atoms with Crippen LogP contribution in [0.1, 0.15) is 42.3 Å². The van der Waals surface area contributed by atoms with E-state index in [-0.39, 0.29) is 24.1 Å². The van der Waals surface area contributed by atoms with Crippen molar-refractivity contribution in [2.24, 2.45) is 0 Å². The summed E-state index contributed by atoms with van der Waals surface area (Å²) in [5.74, 6) is 1.45. The van der Waals surface area contributed by atoms with Gasteiger partial charge in [0.2, 0.25) is 0 Å². The van der Waals surface area contributed by atoms with E-state index in [2.05, 4.69) is 0 Å². The van der Waals surface area contributed by atoms with Crippen molar-refractivity contribution in [1.82, 2.24) is 0 Å². The number of benzene rings is 2. The van der Waals surface area contributed by atoms with Crippen LogP contribution in [0.2, 0.25) is 0 Å². The third-order valence-electron chi connectivity index (χ3n) is 3.90. The zero-order valence-corrected chi connectivity index (χ0v) is 13.8. The van der Waals surface area contributed by atoms with Gasteiger partial charge < -0.3 is 14.6 Å². The smallest absolute Gasteiger partial charge is 0.170 e. The number of carbonyl (C=O) groups excluding carboxylic acids is 1. The number of hydrogen-bond donors (Lipinski definition) is 1. The molecule has 1 atom stereocenters. The zero-order valence-electron chi connectivity index (χ0n) is 13.8. The summed E-state index contributed by atoms with van der Waals surface area (Å²) in [4.78, 5) is 12.4. The Morgan fingerprint density at radius 3 is 2.71 bits per heavy atom. The predicted octanol–water partition coefficient (Wildman–Crippen LogP) is 4.44. The fourth-order valence-electron chi connectivity index (χ4n) is 2.57. The summed E-state index contributed by atoms with van der Waals surface area (Å²) in [7, 11) is 0. The summed E-state index contributed by atoms with van der Waals surface area (Å²) in [5, 5.41) is 9.39. The van der Waals surface area contributed by atoms with Crippen LogP contribution in [0.25, 0.3) is 0 Å². The van der Waals surface area contributed by atoms with E-state index in [9.17, 15) is 9.90 Å². The maximum absolute atomic E-state index is 12.4. The average Bonchev–Trinajstić information content (AvgIpc) is 2.55. The van der Waals surface area contributed by atoms with E-state index in [0.717, 1.165) is 5.56 Å². The van der Waals surface area contributed by atoms with E-state index in [4.69, 9.17) is 9.47 Å². The maximum atomic E-state index is 12.4. The van der Waals surface area contributed by atoms with E-state index in [1.165, 1.54) is 5.57 Å². The van der Waals surface area contributed by atoms with Crippen molar-refractivity contribution in [3.8, 4) is 17.2 Å². The normalized spacial score (nSPS) is 16.1. The van der Waals surface area contributed by atoms with Crippen LogP contribution >= 0.6 is 0 Å². The molecule has 0 fully saturated rings. The molecule has 0 radical (unpaired) electrons. The number of phenols is 1. The number of ketones is 1. The van der Waals surface area contributed by atoms with Gasteiger partial charge in [0.25, 0.3) is 0 Å². The van der Waals surface area contributed by atoms with Gasteiger partial charge in [0, 0.05) is 6.07 Å². The number of carbonyl (C=O) groups is 1. The number of allylic oxidation sites excluding steroid dienone is 1. The lowest BCUT2D eigenvalue weighted by molar-refractivity contribution is 0.0849. The highest BCUT2D eigenvalue weighted by molar-refractivity contribution is 6.00. The maximum Gasteiger partial charge on any atom is 0.170 e. The number of rotatable bonds is 4. The fourth-order valence-corrected chi connectivity index (χ4v) is 2.57. The van der Waals surface area contributed by atoms with Crippen LogP contribution < -0.4 is 9.47 Å². The first-order chi connectivity index (χ1) is 11.5. The Hall–Kier alpha value is -2.75. The van der Waals surface area contributed by atoms with Gasteiger partial charge >= 0.3 is 0 Å². The van der Waals surface area contributed by atoms with Gasteiger partial charge in [-0.1, -0.05) is 17.7 Å². The van der Waals surface area contributed by atoms with Gasteiger partial charge in [-0.2, -0.15) is 0 Å². The first kappa shape index (κ1) is 16.1. The fraction of sp³-hybridized carbons (Fsp3) is 0.250. The summed E-state index contributed by atoms with van der Waals surface area (Å²) in [6, 6.07) is 12.0. The lowest BCUT2D eigenvalue weighted by Gasteiger charge is -2.26. The summed E-state index contributed by atoms with van der Waals surface area (Å²) in [5.41, 5.74) is 2.63. The van der Waals surface area contributed by atoms with E-state index in [1.54, 1.807) is 42.5 Å². The predicted molar refractivity (Wildman–Crippen MR) is 91.8 cm³/mol. The molecule has 1 N–H and O–H groups in total. The van der Waals surface area contributed by atoms with E-state index >= 15 is 0 Å². The highest BCUT2D eigenvalue weighted by Gasteiger charge is 2.28. The van der Waals surface area contributed by atoms with Crippen molar-refractivity contribution in [2.45, 2.75) is 26.4 Å². The van der Waals surface area contributed by atoms with Crippen LogP contribution in [0.3, 0.4) is 0 Å². The van der Waals surface area contributed by atoms with Gasteiger partial charge in [0.1, 0.15) is 30.0 Å². The number of fused-ring (bicyclic) bond motifs is 1. The van der Waals surface area contributed by atoms with Gasteiger partial charge in [-0.05, 0) is 49.8 Å². The van der Waals surface area contributed by atoms with Crippen molar-refractivity contribution in [2.75, 3.05) is 6.61 Å². The number of phenolic OH excluding ortho intramolecular Hbond substituents is 1. The molecule has 1 unspecified atom stereocenters. The van der Waals surface area contributed by atoms with Gasteiger partial charge in [-0.25, -0.2) is 0 Å². The summed E-state index contributed by atoms with van der Waals surface area (Å²) in [6.07, 6.45) is 1.93. The molecule has 0 saturated carbocycles. The number of ether oxygens (including phenoxy) is 2. The van der Waals surface area contributed by atoms with Crippen molar-refractivity contribution in [3.05, 3.63) is 65.2 Å². The summed E-state index contributed by atoms with van der Waals surface area (Å²) < 4.78 is 11.7. The first-order valence-corrected chi connectivity index (χ1v) is 7.92. The average molecular weight is 324 g/mol. The minimum absolute atomic E-state index is 0.0465. The van der Waals surface area contributed by atoms with Crippen LogP contribution in [0.4, 0.5) is 0 Å². The van der Waals surface area contributed by atoms with E-state index in [0.29, 0.717) is 23.7 Å². The monoisotopic (exact) mass is 324 g/mol. The second-order valence-corrected chi connectivity index (χ2v) is 6.08. The Balaban J connectivity index is 1.81. The number of aromatic hydroxyl groups is 1. The molecule has 2 aromatic carbocycles. The molecule has 0 amide bonds. The third-order valence-corrected chi connectivity index (χ3v) is 3.90. The van der Waals surface area contributed by atoms with Crippen LogP contribution in [0, 0.1) is 0 Å². The van der Waals surface area contributed by atoms with Crippen LogP contribution in [-0.4, -0.2) is 17.5 Å². The molecule has 4 heteroatoms. The quantitative estimate of drug-likeness (QED) is 0.845. The molecule has 1 heterocycles.